The van der Waals surface area contributed by atoms with Crippen molar-refractivity contribution in [2.24, 2.45) is 11.3 Å². The second kappa shape index (κ2) is 5.66. The number of rotatable bonds is 4. The number of furan rings is 1. The van der Waals surface area contributed by atoms with Gasteiger partial charge in [-0.2, -0.15) is 0 Å². The fraction of sp³-hybridized carbons (Fsp3) is 0.625. The maximum absolute atomic E-state index is 12.2. The zero-order valence-corrected chi connectivity index (χ0v) is 13.1. The van der Waals surface area contributed by atoms with Crippen molar-refractivity contribution in [3.8, 4) is 0 Å². The van der Waals surface area contributed by atoms with Gasteiger partial charge < -0.3 is 20.0 Å². The van der Waals surface area contributed by atoms with Gasteiger partial charge in [0.25, 0.3) is 0 Å². The highest BCUT2D eigenvalue weighted by Crippen LogP contribution is 2.58. The van der Waals surface area contributed by atoms with Crippen LogP contribution < -0.4 is 10.6 Å². The highest BCUT2D eigenvalue weighted by Gasteiger charge is 2.61. The predicted octanol–water partition coefficient (Wildman–Crippen LogP) is 1.73. The second-order valence-electron chi connectivity index (χ2n) is 6.69. The van der Waals surface area contributed by atoms with Gasteiger partial charge in [-0.05, 0) is 38.8 Å². The summed E-state index contributed by atoms with van der Waals surface area (Å²) in [5.41, 5.74) is 0.00155. The first-order valence-corrected chi connectivity index (χ1v) is 7.86. The topological polar surface area (TPSA) is 74.6 Å². The first-order valence-electron chi connectivity index (χ1n) is 7.86. The molecule has 2 heterocycles. The summed E-state index contributed by atoms with van der Waals surface area (Å²) >= 11 is 0. The van der Waals surface area contributed by atoms with E-state index in [0.717, 1.165) is 25.1 Å². The molecule has 0 unspecified atom stereocenters. The molecular weight excluding hydrogens is 282 g/mol. The summed E-state index contributed by atoms with van der Waals surface area (Å²) in [6.07, 6.45) is 3.39. The average molecular weight is 305 g/mol. The summed E-state index contributed by atoms with van der Waals surface area (Å²) in [6, 6.07) is 3.77. The number of carbonyl (C=O) groups is 2. The summed E-state index contributed by atoms with van der Waals surface area (Å²) in [5.74, 6) is 0.856. The average Bonchev–Trinajstić information content (AvgIpc) is 2.81. The molecule has 1 aromatic heterocycles. The molecule has 2 aliphatic rings. The maximum atomic E-state index is 12.2. The van der Waals surface area contributed by atoms with Crippen LogP contribution in [0.1, 0.15) is 32.4 Å². The SMILES string of the molecule is CC(C)NC(=O)N1CC[C@]2(C[C@H]2C(=O)NCc2ccco2)C1. The number of hydrogen-bond acceptors (Lipinski definition) is 3. The van der Waals surface area contributed by atoms with Gasteiger partial charge in [-0.15, -0.1) is 0 Å². The minimum Gasteiger partial charge on any atom is -0.467 e. The van der Waals surface area contributed by atoms with Crippen LogP contribution in [0.15, 0.2) is 22.8 Å². The van der Waals surface area contributed by atoms with Crippen molar-refractivity contribution in [3.63, 3.8) is 0 Å². The van der Waals surface area contributed by atoms with Gasteiger partial charge in [0.2, 0.25) is 5.91 Å². The minimum atomic E-state index is -0.0199. The van der Waals surface area contributed by atoms with E-state index in [1.54, 1.807) is 6.26 Å². The van der Waals surface area contributed by atoms with Gasteiger partial charge in [-0.25, -0.2) is 4.79 Å². The molecule has 1 aliphatic heterocycles. The summed E-state index contributed by atoms with van der Waals surface area (Å²) in [6.45, 7) is 5.75. The van der Waals surface area contributed by atoms with Crippen LogP contribution >= 0.6 is 0 Å². The molecule has 1 aliphatic carbocycles. The van der Waals surface area contributed by atoms with Crippen molar-refractivity contribution < 1.29 is 14.0 Å². The molecule has 1 aromatic rings. The Morgan fingerprint density at radius 2 is 2.32 bits per heavy atom. The van der Waals surface area contributed by atoms with Crippen molar-refractivity contribution in [3.05, 3.63) is 24.2 Å². The van der Waals surface area contributed by atoms with Crippen molar-refractivity contribution in [2.75, 3.05) is 13.1 Å². The largest absolute Gasteiger partial charge is 0.467 e. The van der Waals surface area contributed by atoms with Gasteiger partial charge in [-0.1, -0.05) is 0 Å². The van der Waals surface area contributed by atoms with Gasteiger partial charge in [0.05, 0.1) is 12.8 Å². The van der Waals surface area contributed by atoms with Gasteiger partial charge in [0, 0.05) is 30.5 Å². The third kappa shape index (κ3) is 2.96. The number of nitrogens with one attached hydrogen (secondary N) is 2. The molecular formula is C16H23N3O3. The van der Waals surface area contributed by atoms with E-state index in [1.165, 1.54) is 0 Å². The fourth-order valence-electron chi connectivity index (χ4n) is 3.29. The van der Waals surface area contributed by atoms with Crippen LogP contribution in [0.25, 0.3) is 0 Å². The summed E-state index contributed by atoms with van der Waals surface area (Å²) < 4.78 is 5.21. The third-order valence-corrected chi connectivity index (χ3v) is 4.61. The Hall–Kier alpha value is -1.98. The molecule has 1 saturated carbocycles. The number of likely N-dealkylation sites (tertiary alicyclic amines) is 1. The maximum Gasteiger partial charge on any atom is 0.317 e. The minimum absolute atomic E-state index is 0.00155. The zero-order valence-electron chi connectivity index (χ0n) is 13.1. The number of hydrogen-bond donors (Lipinski definition) is 2. The van der Waals surface area contributed by atoms with Crippen LogP contribution in [0, 0.1) is 11.3 Å². The van der Waals surface area contributed by atoms with Gasteiger partial charge in [0.1, 0.15) is 5.76 Å². The smallest absolute Gasteiger partial charge is 0.317 e. The van der Waals surface area contributed by atoms with Gasteiger partial charge in [-0.3, -0.25) is 4.79 Å². The van der Waals surface area contributed by atoms with E-state index in [4.69, 9.17) is 4.42 Å². The lowest BCUT2D eigenvalue weighted by atomic mass is 10.0. The molecule has 1 spiro atoms. The third-order valence-electron chi connectivity index (χ3n) is 4.61. The van der Waals surface area contributed by atoms with Gasteiger partial charge in [0.15, 0.2) is 0 Å². The Labute approximate surface area is 130 Å². The normalized spacial score (nSPS) is 26.5. The molecule has 3 amide bonds. The molecule has 1 saturated heterocycles. The molecule has 2 fully saturated rings. The standard InChI is InChI=1S/C16H23N3O3/c1-11(2)18-15(21)19-6-5-16(10-19)8-13(16)14(20)17-9-12-4-3-7-22-12/h3-4,7,11,13H,5-6,8-10H2,1-2H3,(H,17,20)(H,18,21)/t13-,16-/m0/s1. The second-order valence-corrected chi connectivity index (χ2v) is 6.69. The molecule has 3 rings (SSSR count). The van der Waals surface area contributed by atoms with Crippen molar-refractivity contribution >= 4 is 11.9 Å². The van der Waals surface area contributed by atoms with E-state index in [9.17, 15) is 9.59 Å². The van der Waals surface area contributed by atoms with E-state index in [-0.39, 0.29) is 29.3 Å². The molecule has 6 heteroatoms. The lowest BCUT2D eigenvalue weighted by Crippen LogP contribution is -2.42. The quantitative estimate of drug-likeness (QED) is 0.889. The first kappa shape index (κ1) is 14.9. The van der Waals surface area contributed by atoms with Crippen molar-refractivity contribution in [1.29, 1.82) is 0 Å². The molecule has 2 atom stereocenters. The van der Waals surface area contributed by atoms with Crippen LogP contribution in [0.2, 0.25) is 0 Å². The highest BCUT2D eigenvalue weighted by atomic mass is 16.3. The Morgan fingerprint density at radius 3 is 3.00 bits per heavy atom. The summed E-state index contributed by atoms with van der Waals surface area (Å²) in [5, 5.41) is 5.83. The Morgan fingerprint density at radius 1 is 1.50 bits per heavy atom. The van der Waals surface area contributed by atoms with Gasteiger partial charge >= 0.3 is 6.03 Å². The monoisotopic (exact) mass is 305 g/mol. The predicted molar refractivity (Wildman–Crippen MR) is 81.0 cm³/mol. The zero-order chi connectivity index (χ0) is 15.7. The van der Waals surface area contributed by atoms with Crippen LogP contribution in [-0.2, 0) is 11.3 Å². The Kier molecular flexibility index (Phi) is 3.85. The molecule has 0 bridgehead atoms. The highest BCUT2D eigenvalue weighted by molar-refractivity contribution is 5.83. The van der Waals surface area contributed by atoms with Crippen molar-refractivity contribution in [1.82, 2.24) is 15.5 Å². The molecule has 120 valence electrons. The van der Waals surface area contributed by atoms with Crippen LogP contribution in [0.3, 0.4) is 0 Å². The number of nitrogens with zero attached hydrogens (tertiary/aromatic N) is 1. The Bertz CT molecular complexity index is 555. The Balaban J connectivity index is 1.49. The molecule has 0 aromatic carbocycles. The molecule has 2 N–H and O–H groups in total. The van der Waals surface area contributed by atoms with Crippen LogP contribution in [-0.4, -0.2) is 36.0 Å². The van der Waals surface area contributed by atoms with E-state index in [2.05, 4.69) is 10.6 Å². The van der Waals surface area contributed by atoms with E-state index < -0.39 is 0 Å². The molecule has 0 radical (unpaired) electrons. The lowest BCUT2D eigenvalue weighted by Gasteiger charge is -2.19. The molecule has 22 heavy (non-hydrogen) atoms. The van der Waals surface area contributed by atoms with E-state index in [1.807, 2.05) is 30.9 Å². The molecule has 6 nitrogen and oxygen atoms in total. The van der Waals surface area contributed by atoms with Crippen molar-refractivity contribution in [2.45, 2.75) is 39.3 Å². The fourth-order valence-corrected chi connectivity index (χ4v) is 3.29. The van der Waals surface area contributed by atoms with Crippen LogP contribution in [0.4, 0.5) is 4.79 Å². The number of amides is 3. The summed E-state index contributed by atoms with van der Waals surface area (Å²) in [7, 11) is 0. The number of carbonyl (C=O) groups excluding carboxylic acids is 2. The van der Waals surface area contributed by atoms with E-state index in [0.29, 0.717) is 13.1 Å². The lowest BCUT2D eigenvalue weighted by molar-refractivity contribution is -0.123. The number of urea groups is 1. The van der Waals surface area contributed by atoms with E-state index >= 15 is 0 Å². The summed E-state index contributed by atoms with van der Waals surface area (Å²) in [4.78, 5) is 26.1. The first-order chi connectivity index (χ1) is 10.5. The van der Waals surface area contributed by atoms with Crippen LogP contribution in [0.5, 0.6) is 0 Å².